The van der Waals surface area contributed by atoms with Crippen molar-refractivity contribution in [3.8, 4) is 11.1 Å². The number of pyridine rings is 1. The molecule has 4 rings (SSSR count). The van der Waals surface area contributed by atoms with Crippen LogP contribution in [0.15, 0.2) is 109 Å². The fourth-order valence-corrected chi connectivity index (χ4v) is 6.88. The number of ether oxygens (including phenoxy) is 2. The van der Waals surface area contributed by atoms with Crippen LogP contribution < -0.4 is 10.6 Å². The molecule has 4 aromatic rings. The van der Waals surface area contributed by atoms with Gasteiger partial charge in [0.15, 0.2) is 8.32 Å². The monoisotopic (exact) mass is 709 g/mol. The summed E-state index contributed by atoms with van der Waals surface area (Å²) in [4.78, 5) is 31.1. The molecule has 3 aromatic carbocycles. The lowest BCUT2D eigenvalue weighted by atomic mass is 9.93. The van der Waals surface area contributed by atoms with E-state index in [1.807, 2.05) is 99.8 Å². The molecule has 2 amide bonds. The third-order valence-corrected chi connectivity index (χ3v) is 13.7. The Morgan fingerprint density at radius 2 is 1.31 bits per heavy atom. The second kappa shape index (κ2) is 17.6. The Morgan fingerprint density at radius 1 is 0.706 bits per heavy atom. The van der Waals surface area contributed by atoms with Crippen LogP contribution in [0, 0.1) is 0 Å². The lowest BCUT2D eigenvalue weighted by Gasteiger charge is -2.42. The van der Waals surface area contributed by atoms with E-state index < -0.39 is 38.3 Å². The summed E-state index contributed by atoms with van der Waals surface area (Å²) < 4.78 is 18.7. The van der Waals surface area contributed by atoms with Gasteiger partial charge in [-0.3, -0.25) is 4.98 Å². The maximum absolute atomic E-state index is 13.4. The average molecular weight is 710 g/mol. The summed E-state index contributed by atoms with van der Waals surface area (Å²) in [5.74, 6) is 0. The van der Waals surface area contributed by atoms with E-state index in [-0.39, 0.29) is 17.7 Å². The molecule has 0 aliphatic heterocycles. The summed E-state index contributed by atoms with van der Waals surface area (Å²) in [7, 11) is -2.39. The number of aromatic nitrogens is 1. The molecule has 0 bridgehead atoms. The predicted molar refractivity (Wildman–Crippen MR) is 207 cm³/mol. The topological polar surface area (TPSA) is 98.8 Å². The van der Waals surface area contributed by atoms with E-state index in [4.69, 9.17) is 13.9 Å². The Balaban J connectivity index is 1.68. The molecule has 51 heavy (non-hydrogen) atoms. The van der Waals surface area contributed by atoms with Crippen LogP contribution in [0.5, 0.6) is 0 Å². The van der Waals surface area contributed by atoms with Gasteiger partial charge in [-0.1, -0.05) is 112 Å². The lowest BCUT2D eigenvalue weighted by Crippen LogP contribution is -2.55. The van der Waals surface area contributed by atoms with Crippen LogP contribution in [0.3, 0.4) is 0 Å². The molecule has 8 nitrogen and oxygen atoms in total. The molecule has 0 aliphatic carbocycles. The zero-order valence-corrected chi connectivity index (χ0v) is 32.4. The van der Waals surface area contributed by atoms with Gasteiger partial charge in [0.25, 0.3) is 0 Å². The number of carbonyl (C=O) groups excluding carboxylic acids is 2. The van der Waals surface area contributed by atoms with Gasteiger partial charge in [-0.05, 0) is 92.0 Å². The summed E-state index contributed by atoms with van der Waals surface area (Å²) in [6.07, 6.45) is 3.58. The summed E-state index contributed by atoms with van der Waals surface area (Å²) in [6.45, 7) is 16.7. The minimum atomic E-state index is -2.39. The first-order chi connectivity index (χ1) is 24.1. The van der Waals surface area contributed by atoms with Crippen LogP contribution in [-0.2, 0) is 33.3 Å². The maximum atomic E-state index is 13.4. The average Bonchev–Trinajstić information content (AvgIpc) is 3.07. The molecule has 0 aliphatic rings. The van der Waals surface area contributed by atoms with E-state index in [0.29, 0.717) is 19.3 Å². The highest BCUT2D eigenvalue weighted by atomic mass is 28.4. The first kappa shape index (κ1) is 39.3. The Labute approximate surface area is 305 Å². The Bertz CT molecular complexity index is 1650. The Morgan fingerprint density at radius 3 is 1.88 bits per heavy atom. The zero-order chi connectivity index (χ0) is 37.1. The van der Waals surface area contributed by atoms with Gasteiger partial charge in [-0.25, -0.2) is 9.59 Å². The smallest absolute Gasteiger partial charge is 0.407 e. The molecular weight excluding hydrogens is 655 g/mol. The molecule has 0 fully saturated rings. The number of rotatable bonds is 14. The first-order valence-corrected chi connectivity index (χ1v) is 20.7. The Hall–Kier alpha value is -4.47. The number of alkyl carbamates (subject to hydrolysis) is 2. The van der Waals surface area contributed by atoms with Gasteiger partial charge in [-0.2, -0.15) is 0 Å². The standard InChI is InChI=1S/C42H55N3O5Si/c1-41(2,3)49-40(47)45-37(27-31-16-11-9-12-17-31)38(50-51(7,8)42(4,5)6)28-36(44-39(46)48-30-33-18-13-10-14-19-33)26-32-21-23-34(24-22-32)35-20-15-25-43-29-35/h9-25,29,36-38H,26-28,30H2,1-8H3,(H,44,46)(H,45,47)/t36-,37-,38-/m0/s1. The molecule has 3 atom stereocenters. The van der Waals surface area contributed by atoms with Crippen molar-refractivity contribution in [3.05, 3.63) is 126 Å². The third-order valence-electron chi connectivity index (χ3n) is 9.18. The van der Waals surface area contributed by atoms with E-state index in [9.17, 15) is 9.59 Å². The minimum Gasteiger partial charge on any atom is -0.445 e. The van der Waals surface area contributed by atoms with Gasteiger partial charge >= 0.3 is 12.2 Å². The molecule has 0 saturated heterocycles. The van der Waals surface area contributed by atoms with Crippen LogP contribution in [0.2, 0.25) is 18.1 Å². The van der Waals surface area contributed by atoms with Crippen LogP contribution in [-0.4, -0.2) is 49.3 Å². The van der Waals surface area contributed by atoms with Crippen molar-refractivity contribution in [3.63, 3.8) is 0 Å². The highest BCUT2D eigenvalue weighted by Gasteiger charge is 2.42. The van der Waals surface area contributed by atoms with Crippen molar-refractivity contribution in [2.75, 3.05) is 0 Å². The quantitative estimate of drug-likeness (QED) is 0.127. The van der Waals surface area contributed by atoms with Crippen molar-refractivity contribution >= 4 is 20.5 Å². The Kier molecular flexibility index (Phi) is 13.6. The summed E-state index contributed by atoms with van der Waals surface area (Å²) >= 11 is 0. The molecule has 0 radical (unpaired) electrons. The molecule has 1 aromatic heterocycles. The summed E-state index contributed by atoms with van der Waals surface area (Å²) in [5.41, 5.74) is 4.41. The highest BCUT2D eigenvalue weighted by Crippen LogP contribution is 2.38. The number of amides is 2. The number of hydrogen-bond donors (Lipinski definition) is 2. The number of nitrogens with zero attached hydrogens (tertiary/aromatic N) is 1. The largest absolute Gasteiger partial charge is 0.445 e. The van der Waals surface area contributed by atoms with Gasteiger partial charge in [0.2, 0.25) is 0 Å². The van der Waals surface area contributed by atoms with Gasteiger partial charge in [0, 0.05) is 18.4 Å². The van der Waals surface area contributed by atoms with Crippen molar-refractivity contribution in [1.29, 1.82) is 0 Å². The van der Waals surface area contributed by atoms with Crippen molar-refractivity contribution in [1.82, 2.24) is 15.6 Å². The van der Waals surface area contributed by atoms with Gasteiger partial charge in [0.1, 0.15) is 12.2 Å². The van der Waals surface area contributed by atoms with Crippen LogP contribution in [0.4, 0.5) is 9.59 Å². The van der Waals surface area contributed by atoms with E-state index in [1.165, 1.54) is 0 Å². The van der Waals surface area contributed by atoms with E-state index >= 15 is 0 Å². The summed E-state index contributed by atoms with van der Waals surface area (Å²) in [5, 5.41) is 6.24. The lowest BCUT2D eigenvalue weighted by molar-refractivity contribution is 0.0412. The molecule has 1 heterocycles. The first-order valence-electron chi connectivity index (χ1n) is 17.8. The molecule has 9 heteroatoms. The molecule has 0 spiro atoms. The normalized spacial score (nSPS) is 13.8. The van der Waals surface area contributed by atoms with Gasteiger partial charge in [-0.15, -0.1) is 0 Å². The second-order valence-corrected chi connectivity index (χ2v) is 20.4. The molecule has 2 N–H and O–H groups in total. The van der Waals surface area contributed by atoms with Crippen molar-refractivity contribution in [2.45, 2.75) is 109 Å². The van der Waals surface area contributed by atoms with Crippen molar-refractivity contribution < 1.29 is 23.5 Å². The highest BCUT2D eigenvalue weighted by molar-refractivity contribution is 6.74. The number of hydrogen-bond acceptors (Lipinski definition) is 6. The van der Waals surface area contributed by atoms with E-state index in [1.54, 1.807) is 6.20 Å². The number of nitrogens with one attached hydrogen (secondary N) is 2. The molecule has 272 valence electrons. The van der Waals surface area contributed by atoms with Gasteiger partial charge < -0.3 is 24.5 Å². The maximum Gasteiger partial charge on any atom is 0.407 e. The second-order valence-electron chi connectivity index (χ2n) is 15.6. The SMILES string of the molecule is CC(C)(C)OC(=O)N[C@@H](Cc1ccccc1)[C@H](C[C@H](Cc1ccc(-c2cccnc2)cc1)NC(=O)OCc1ccccc1)O[Si](C)(C)C(C)(C)C. The molecule has 0 saturated carbocycles. The summed E-state index contributed by atoms with van der Waals surface area (Å²) in [6, 6.07) is 31.1. The fourth-order valence-electron chi connectivity index (χ4n) is 5.51. The molecule has 0 unspecified atom stereocenters. The van der Waals surface area contributed by atoms with E-state index in [2.05, 4.69) is 73.7 Å². The van der Waals surface area contributed by atoms with Crippen molar-refractivity contribution in [2.24, 2.45) is 0 Å². The van der Waals surface area contributed by atoms with E-state index in [0.717, 1.165) is 27.8 Å². The van der Waals surface area contributed by atoms with Crippen LogP contribution in [0.25, 0.3) is 11.1 Å². The number of benzene rings is 3. The molecular formula is C42H55N3O5Si. The van der Waals surface area contributed by atoms with Crippen LogP contribution in [0.1, 0.15) is 64.7 Å². The predicted octanol–water partition coefficient (Wildman–Crippen LogP) is 9.50. The van der Waals surface area contributed by atoms with Gasteiger partial charge in [0.05, 0.1) is 12.1 Å². The van der Waals surface area contributed by atoms with Crippen LogP contribution >= 0.6 is 0 Å². The zero-order valence-electron chi connectivity index (χ0n) is 31.4. The fraction of sp³-hybridized carbons (Fsp3) is 0.405. The minimum absolute atomic E-state index is 0.103. The number of carbonyl (C=O) groups is 2. The third kappa shape index (κ3) is 13.0.